The highest BCUT2D eigenvalue weighted by atomic mass is 32.2. The number of nitrogens with one attached hydrogen (secondary N) is 1. The minimum Gasteiger partial charge on any atom is -0.295 e. The maximum absolute atomic E-state index is 13.0. The summed E-state index contributed by atoms with van der Waals surface area (Å²) in [6.07, 6.45) is 3.96. The molecule has 1 fully saturated rings. The maximum Gasteiger partial charge on any atom is 0.260 e. The zero-order valence-electron chi connectivity index (χ0n) is 13.8. The van der Waals surface area contributed by atoms with Crippen molar-refractivity contribution in [2.75, 3.05) is 4.90 Å². The number of carbonyl (C=O) groups excluding carboxylic acids is 3. The molecular formula is C18H12N4O3S2. The minimum atomic E-state index is -0.726. The van der Waals surface area contributed by atoms with Crippen LogP contribution in [-0.2, 0) is 9.59 Å². The van der Waals surface area contributed by atoms with Crippen molar-refractivity contribution in [2.45, 2.75) is 28.1 Å². The first-order valence-electron chi connectivity index (χ1n) is 8.30. The van der Waals surface area contributed by atoms with Gasteiger partial charge in [0.2, 0.25) is 11.8 Å². The number of imide groups is 1. The second-order valence-electron chi connectivity index (χ2n) is 6.22. The standard InChI is InChI=1S/C18H12N4O3S2/c23-13-5-4-11(16(24)21-13)22-15-14-9(2-1-3-10(14)17(22)25)12(8-20-15)27-18-19-6-7-26-18/h1-3,6-8,11H,4-5H2,(H,21,23,24). The van der Waals surface area contributed by atoms with Crippen molar-refractivity contribution in [2.24, 2.45) is 0 Å². The Bertz CT molecular complexity index is 1110. The molecule has 7 nitrogen and oxygen atoms in total. The monoisotopic (exact) mass is 396 g/mol. The average molecular weight is 396 g/mol. The molecule has 0 spiro atoms. The molecule has 1 atom stereocenters. The molecule has 27 heavy (non-hydrogen) atoms. The van der Waals surface area contributed by atoms with Crippen LogP contribution in [0.2, 0.25) is 0 Å². The molecular weight excluding hydrogens is 384 g/mol. The van der Waals surface area contributed by atoms with Crippen molar-refractivity contribution in [1.29, 1.82) is 0 Å². The van der Waals surface area contributed by atoms with Crippen LogP contribution in [0.1, 0.15) is 23.2 Å². The van der Waals surface area contributed by atoms with Crippen LogP contribution in [0.4, 0.5) is 5.82 Å². The molecule has 1 saturated heterocycles. The average Bonchev–Trinajstić information content (AvgIpc) is 3.26. The third-order valence-electron chi connectivity index (χ3n) is 4.66. The van der Waals surface area contributed by atoms with Gasteiger partial charge < -0.3 is 0 Å². The highest BCUT2D eigenvalue weighted by Gasteiger charge is 2.41. The molecule has 3 amide bonds. The van der Waals surface area contributed by atoms with Gasteiger partial charge in [-0.2, -0.15) is 0 Å². The molecule has 1 aromatic carbocycles. The lowest BCUT2D eigenvalue weighted by molar-refractivity contribution is -0.134. The Morgan fingerprint density at radius 3 is 2.89 bits per heavy atom. The highest BCUT2D eigenvalue weighted by Crippen LogP contribution is 2.43. The Morgan fingerprint density at radius 2 is 2.11 bits per heavy atom. The summed E-state index contributed by atoms with van der Waals surface area (Å²) in [5, 5.41) is 5.87. The van der Waals surface area contributed by atoms with Crippen LogP contribution >= 0.6 is 23.1 Å². The van der Waals surface area contributed by atoms with Gasteiger partial charge in [0.15, 0.2) is 4.34 Å². The molecule has 4 heterocycles. The molecule has 1 N–H and O–H groups in total. The molecule has 0 radical (unpaired) electrons. The number of piperidine rings is 1. The maximum atomic E-state index is 13.0. The van der Waals surface area contributed by atoms with Gasteiger partial charge in [0, 0.05) is 39.9 Å². The fraction of sp³-hybridized carbons (Fsp3) is 0.167. The van der Waals surface area contributed by atoms with Crippen molar-refractivity contribution >= 4 is 57.4 Å². The Hall–Kier alpha value is -2.78. The van der Waals surface area contributed by atoms with Gasteiger partial charge >= 0.3 is 0 Å². The number of nitrogens with zero attached hydrogens (tertiary/aromatic N) is 3. The highest BCUT2D eigenvalue weighted by molar-refractivity contribution is 8.01. The first-order chi connectivity index (χ1) is 13.1. The van der Waals surface area contributed by atoms with Crippen molar-refractivity contribution in [3.8, 4) is 0 Å². The molecule has 0 saturated carbocycles. The quantitative estimate of drug-likeness (QED) is 0.684. The predicted octanol–water partition coefficient (Wildman–Crippen LogP) is 2.61. The fourth-order valence-electron chi connectivity index (χ4n) is 3.49. The van der Waals surface area contributed by atoms with E-state index in [0.29, 0.717) is 17.8 Å². The van der Waals surface area contributed by atoms with Crippen LogP contribution in [0, 0.1) is 0 Å². The summed E-state index contributed by atoms with van der Waals surface area (Å²) in [6.45, 7) is 0. The second kappa shape index (κ2) is 6.14. The molecule has 1 unspecified atom stereocenters. The number of anilines is 1. The number of hydrogen-bond donors (Lipinski definition) is 1. The van der Waals surface area contributed by atoms with Gasteiger partial charge in [-0.3, -0.25) is 24.6 Å². The fourth-order valence-corrected chi connectivity index (χ4v) is 5.17. The second-order valence-corrected chi connectivity index (χ2v) is 8.40. The summed E-state index contributed by atoms with van der Waals surface area (Å²) in [6, 6.07) is 4.80. The number of aromatic nitrogens is 2. The molecule has 0 aliphatic carbocycles. The van der Waals surface area contributed by atoms with Gasteiger partial charge in [-0.25, -0.2) is 9.97 Å². The summed E-state index contributed by atoms with van der Waals surface area (Å²) >= 11 is 3.04. The van der Waals surface area contributed by atoms with E-state index < -0.39 is 11.9 Å². The Kier molecular flexibility index (Phi) is 3.73. The van der Waals surface area contributed by atoms with E-state index in [4.69, 9.17) is 0 Å². The number of rotatable bonds is 3. The van der Waals surface area contributed by atoms with Crippen LogP contribution < -0.4 is 10.2 Å². The van der Waals surface area contributed by atoms with Crippen LogP contribution in [0.5, 0.6) is 0 Å². The summed E-state index contributed by atoms with van der Waals surface area (Å²) in [5.41, 5.74) is 0.529. The number of amides is 3. The van der Waals surface area contributed by atoms with E-state index in [1.807, 2.05) is 17.5 Å². The zero-order valence-corrected chi connectivity index (χ0v) is 15.5. The third kappa shape index (κ3) is 2.54. The number of benzene rings is 1. The zero-order chi connectivity index (χ0) is 18.5. The smallest absolute Gasteiger partial charge is 0.260 e. The SMILES string of the molecule is O=C1CCC(N2C(=O)c3cccc4c(Sc5nccs5)cnc2c34)C(=O)N1. The number of hydrogen-bond acceptors (Lipinski definition) is 7. The van der Waals surface area contributed by atoms with Crippen LogP contribution in [0.25, 0.3) is 10.8 Å². The largest absolute Gasteiger partial charge is 0.295 e. The predicted molar refractivity (Wildman–Crippen MR) is 101 cm³/mol. The molecule has 2 aliphatic heterocycles. The van der Waals surface area contributed by atoms with Gasteiger partial charge in [0.1, 0.15) is 11.9 Å². The Labute approximate surface area is 161 Å². The summed E-state index contributed by atoms with van der Waals surface area (Å²) in [4.78, 5) is 48.0. The Morgan fingerprint density at radius 1 is 1.22 bits per heavy atom. The van der Waals surface area contributed by atoms with Crippen molar-refractivity contribution in [3.05, 3.63) is 41.5 Å². The topological polar surface area (TPSA) is 92.3 Å². The molecule has 2 aliphatic rings. The van der Waals surface area contributed by atoms with E-state index in [2.05, 4.69) is 15.3 Å². The molecule has 134 valence electrons. The van der Waals surface area contributed by atoms with Crippen LogP contribution in [0.15, 0.2) is 45.2 Å². The van der Waals surface area contributed by atoms with Gasteiger partial charge in [0.25, 0.3) is 5.91 Å². The van der Waals surface area contributed by atoms with E-state index >= 15 is 0 Å². The van der Waals surface area contributed by atoms with Crippen LogP contribution in [0.3, 0.4) is 0 Å². The molecule has 3 aromatic rings. The molecule has 5 rings (SSSR count). The van der Waals surface area contributed by atoms with Gasteiger partial charge in [-0.05, 0) is 12.5 Å². The van der Waals surface area contributed by atoms with E-state index in [1.54, 1.807) is 18.5 Å². The molecule has 0 bridgehead atoms. The summed E-state index contributed by atoms with van der Waals surface area (Å²) < 4.78 is 0.892. The number of thiazole rings is 1. The van der Waals surface area contributed by atoms with E-state index in [9.17, 15) is 14.4 Å². The Balaban J connectivity index is 1.62. The van der Waals surface area contributed by atoms with E-state index in [-0.39, 0.29) is 18.2 Å². The van der Waals surface area contributed by atoms with Crippen molar-refractivity contribution < 1.29 is 14.4 Å². The minimum absolute atomic E-state index is 0.206. The van der Waals surface area contributed by atoms with E-state index in [0.717, 1.165) is 20.0 Å². The van der Waals surface area contributed by atoms with Gasteiger partial charge in [-0.15, -0.1) is 11.3 Å². The molecule has 2 aromatic heterocycles. The number of pyridine rings is 1. The lowest BCUT2D eigenvalue weighted by Gasteiger charge is -2.29. The normalized spacial score (nSPS) is 19.0. The van der Waals surface area contributed by atoms with Crippen LogP contribution in [-0.4, -0.2) is 33.7 Å². The summed E-state index contributed by atoms with van der Waals surface area (Å²) in [7, 11) is 0. The lowest BCUT2D eigenvalue weighted by atomic mass is 10.0. The first kappa shape index (κ1) is 16.4. The van der Waals surface area contributed by atoms with Crippen molar-refractivity contribution in [3.63, 3.8) is 0 Å². The molecule has 9 heteroatoms. The van der Waals surface area contributed by atoms with E-state index in [1.165, 1.54) is 28.0 Å². The van der Waals surface area contributed by atoms with Gasteiger partial charge in [-0.1, -0.05) is 23.9 Å². The van der Waals surface area contributed by atoms with Crippen molar-refractivity contribution in [1.82, 2.24) is 15.3 Å². The first-order valence-corrected chi connectivity index (χ1v) is 9.99. The summed E-state index contributed by atoms with van der Waals surface area (Å²) in [5.74, 6) is -0.546. The lowest BCUT2D eigenvalue weighted by Crippen LogP contribution is -2.53. The third-order valence-corrected chi connectivity index (χ3v) is 6.59. The number of carbonyl (C=O) groups is 3. The van der Waals surface area contributed by atoms with Gasteiger partial charge in [0.05, 0.1) is 5.56 Å².